The maximum atomic E-state index is 13.7. The summed E-state index contributed by atoms with van der Waals surface area (Å²) >= 11 is 0. The van der Waals surface area contributed by atoms with Crippen molar-refractivity contribution in [3.05, 3.63) is 81.8 Å². The van der Waals surface area contributed by atoms with Crippen molar-refractivity contribution in [2.45, 2.75) is 26.3 Å². The van der Waals surface area contributed by atoms with Crippen LogP contribution in [0.25, 0.3) is 11.1 Å². The van der Waals surface area contributed by atoms with Gasteiger partial charge in [-0.3, -0.25) is 9.69 Å². The maximum absolute atomic E-state index is 13.7. The van der Waals surface area contributed by atoms with E-state index in [0.717, 1.165) is 49.1 Å². The normalized spacial score (nSPS) is 14.1. The number of carbonyl (C=O) groups excluding carboxylic acids is 1. The van der Waals surface area contributed by atoms with Crippen LogP contribution in [0.4, 0.5) is 11.4 Å². The molecule has 0 bridgehead atoms. The van der Waals surface area contributed by atoms with Crippen LogP contribution in [0, 0.1) is 6.92 Å². The Morgan fingerprint density at radius 1 is 0.892 bits per heavy atom. The molecule has 0 saturated heterocycles. The van der Waals surface area contributed by atoms with Crippen molar-refractivity contribution in [3.8, 4) is 28.4 Å². The van der Waals surface area contributed by atoms with E-state index in [1.807, 2.05) is 53.4 Å². The summed E-state index contributed by atoms with van der Waals surface area (Å²) in [5.74, 6) is 2.04. The quantitative estimate of drug-likeness (QED) is 0.260. The van der Waals surface area contributed by atoms with Crippen molar-refractivity contribution in [1.29, 1.82) is 0 Å². The molecule has 0 radical (unpaired) electrons. The minimum atomic E-state index is -0.577. The van der Waals surface area contributed by atoms with Crippen LogP contribution in [0.1, 0.15) is 24.3 Å². The Kier molecular flexibility index (Phi) is 6.79. The SMILES string of the molecule is COc1ccc(N=c2ssc3c2-c2cc(C)ccc2N(C(=O)COc2ccc(OC)cc2)C3(C)C)cc1. The van der Waals surface area contributed by atoms with Gasteiger partial charge in [-0.1, -0.05) is 32.3 Å². The smallest absolute Gasteiger partial charge is 0.265 e. The van der Waals surface area contributed by atoms with Gasteiger partial charge in [0.25, 0.3) is 5.91 Å². The van der Waals surface area contributed by atoms with Gasteiger partial charge in [0.05, 0.1) is 36.0 Å². The average Bonchev–Trinajstić information content (AvgIpc) is 3.33. The molecule has 1 aromatic heterocycles. The third kappa shape index (κ3) is 4.74. The highest BCUT2D eigenvalue weighted by Gasteiger charge is 2.43. The van der Waals surface area contributed by atoms with Crippen LogP contribution >= 0.6 is 20.7 Å². The Balaban J connectivity index is 1.53. The summed E-state index contributed by atoms with van der Waals surface area (Å²) in [6.45, 7) is 6.16. The summed E-state index contributed by atoms with van der Waals surface area (Å²) in [7, 11) is 6.57. The van der Waals surface area contributed by atoms with Crippen molar-refractivity contribution in [2.24, 2.45) is 4.99 Å². The second kappa shape index (κ2) is 10.0. The van der Waals surface area contributed by atoms with E-state index >= 15 is 0 Å². The summed E-state index contributed by atoms with van der Waals surface area (Å²) in [5, 5.41) is 0. The molecule has 1 amide bonds. The summed E-state index contributed by atoms with van der Waals surface area (Å²) in [6, 6.07) is 21.2. The summed E-state index contributed by atoms with van der Waals surface area (Å²) in [5.41, 5.74) is 4.37. The number of ether oxygens (including phenoxy) is 3. The summed E-state index contributed by atoms with van der Waals surface area (Å²) < 4.78 is 17.3. The molecule has 1 aliphatic rings. The number of nitrogens with zero attached hydrogens (tertiary/aromatic N) is 2. The molecular formula is C29H28N2O4S2. The van der Waals surface area contributed by atoms with Crippen molar-refractivity contribution >= 4 is 38.0 Å². The first-order valence-corrected chi connectivity index (χ1v) is 14.0. The fraction of sp³-hybridized carbons (Fsp3) is 0.241. The number of benzene rings is 3. The molecule has 0 spiro atoms. The Morgan fingerprint density at radius 2 is 1.51 bits per heavy atom. The van der Waals surface area contributed by atoms with Gasteiger partial charge in [-0.25, -0.2) is 4.99 Å². The predicted molar refractivity (Wildman–Crippen MR) is 150 cm³/mol. The van der Waals surface area contributed by atoms with Gasteiger partial charge in [0, 0.05) is 11.1 Å². The monoisotopic (exact) mass is 532 g/mol. The Hall–Kier alpha value is -3.62. The second-order valence-corrected chi connectivity index (χ2v) is 11.4. The summed E-state index contributed by atoms with van der Waals surface area (Å²) in [4.78, 5) is 21.6. The van der Waals surface area contributed by atoms with Gasteiger partial charge in [-0.15, -0.1) is 0 Å². The summed E-state index contributed by atoms with van der Waals surface area (Å²) in [6.07, 6.45) is 0. The Bertz CT molecular complexity index is 1500. The third-order valence-electron chi connectivity index (χ3n) is 6.40. The molecule has 190 valence electrons. The van der Waals surface area contributed by atoms with Crippen LogP contribution in [0.2, 0.25) is 0 Å². The molecule has 4 aromatic rings. The molecule has 0 N–H and O–H groups in total. The molecule has 6 nitrogen and oxygen atoms in total. The van der Waals surface area contributed by atoms with Gasteiger partial charge in [-0.2, -0.15) is 0 Å². The van der Waals surface area contributed by atoms with E-state index in [-0.39, 0.29) is 12.5 Å². The molecular weight excluding hydrogens is 504 g/mol. The third-order valence-corrected chi connectivity index (χ3v) is 9.03. The van der Waals surface area contributed by atoms with Crippen molar-refractivity contribution < 1.29 is 19.0 Å². The molecule has 0 aliphatic carbocycles. The van der Waals surface area contributed by atoms with E-state index in [4.69, 9.17) is 19.2 Å². The number of methoxy groups -OCH3 is 2. The van der Waals surface area contributed by atoms with Gasteiger partial charge in [0.15, 0.2) is 6.61 Å². The molecule has 8 heteroatoms. The minimum absolute atomic E-state index is 0.0731. The molecule has 0 saturated carbocycles. The van der Waals surface area contributed by atoms with E-state index in [0.29, 0.717) is 5.75 Å². The average molecular weight is 533 g/mol. The van der Waals surface area contributed by atoms with E-state index in [2.05, 4.69) is 26.8 Å². The zero-order valence-corrected chi connectivity index (χ0v) is 23.0. The Labute approximate surface area is 223 Å². The lowest BCUT2D eigenvalue weighted by molar-refractivity contribution is -0.121. The van der Waals surface area contributed by atoms with Crippen LogP contribution in [0.15, 0.2) is 71.7 Å². The zero-order valence-electron chi connectivity index (χ0n) is 21.4. The number of anilines is 1. The van der Waals surface area contributed by atoms with Gasteiger partial charge in [0.1, 0.15) is 21.9 Å². The van der Waals surface area contributed by atoms with Crippen LogP contribution in [-0.4, -0.2) is 26.7 Å². The van der Waals surface area contributed by atoms with Gasteiger partial charge < -0.3 is 14.2 Å². The molecule has 0 fully saturated rings. The van der Waals surface area contributed by atoms with Crippen LogP contribution < -0.4 is 23.8 Å². The predicted octanol–water partition coefficient (Wildman–Crippen LogP) is 6.70. The number of hydrogen-bond acceptors (Lipinski definition) is 7. The van der Waals surface area contributed by atoms with E-state index < -0.39 is 5.54 Å². The number of hydrogen-bond donors (Lipinski definition) is 0. The first kappa shape index (κ1) is 25.0. The number of carbonyl (C=O) groups is 1. The topological polar surface area (TPSA) is 60.4 Å². The van der Waals surface area contributed by atoms with Gasteiger partial charge in [0.2, 0.25) is 0 Å². The molecule has 37 heavy (non-hydrogen) atoms. The van der Waals surface area contributed by atoms with E-state index in [1.54, 1.807) is 47.0 Å². The first-order valence-electron chi connectivity index (χ1n) is 11.8. The molecule has 3 aromatic carbocycles. The largest absolute Gasteiger partial charge is 0.497 e. The molecule has 5 rings (SSSR count). The number of amides is 1. The number of rotatable bonds is 6. The number of aryl methyl sites for hydroxylation is 1. The highest BCUT2D eigenvalue weighted by Crippen LogP contribution is 2.49. The standard InChI is InChI=1S/C29H28N2O4S2/c1-18-6-15-24-23(16-18)26-27(36-37-28(26)30-19-7-9-20(33-4)10-8-19)29(2,3)31(24)25(32)17-35-22-13-11-21(34-5)12-14-22/h6-16H,17H2,1-5H3. The van der Waals surface area contributed by atoms with Crippen LogP contribution in [-0.2, 0) is 10.3 Å². The van der Waals surface area contributed by atoms with Gasteiger partial charge in [-0.05, 0) is 81.4 Å². The van der Waals surface area contributed by atoms with Crippen molar-refractivity contribution in [2.75, 3.05) is 25.7 Å². The lowest BCUT2D eigenvalue weighted by Gasteiger charge is -2.42. The Morgan fingerprint density at radius 3 is 2.16 bits per heavy atom. The van der Waals surface area contributed by atoms with Crippen LogP contribution in [0.3, 0.4) is 0 Å². The van der Waals surface area contributed by atoms with Gasteiger partial charge >= 0.3 is 0 Å². The molecule has 2 heterocycles. The van der Waals surface area contributed by atoms with Crippen LogP contribution in [0.5, 0.6) is 17.2 Å². The molecule has 1 aliphatic heterocycles. The first-order chi connectivity index (χ1) is 17.8. The maximum Gasteiger partial charge on any atom is 0.265 e. The fourth-order valence-electron chi connectivity index (χ4n) is 4.53. The number of fused-ring (bicyclic) bond motifs is 3. The highest BCUT2D eigenvalue weighted by molar-refractivity contribution is 7.68. The minimum Gasteiger partial charge on any atom is -0.497 e. The zero-order chi connectivity index (χ0) is 26.2. The molecule has 0 unspecified atom stereocenters. The lowest BCUT2D eigenvalue weighted by atomic mass is 9.86. The lowest BCUT2D eigenvalue weighted by Crippen LogP contribution is -2.50. The van der Waals surface area contributed by atoms with E-state index in [9.17, 15) is 4.79 Å². The molecule has 0 atom stereocenters. The highest BCUT2D eigenvalue weighted by atomic mass is 32.9. The second-order valence-electron chi connectivity index (χ2n) is 9.26. The van der Waals surface area contributed by atoms with E-state index in [1.165, 1.54) is 0 Å². The van der Waals surface area contributed by atoms with Crippen molar-refractivity contribution in [1.82, 2.24) is 0 Å². The fourth-order valence-corrected chi connectivity index (χ4v) is 7.49. The van der Waals surface area contributed by atoms with Crippen molar-refractivity contribution in [3.63, 3.8) is 0 Å².